The first kappa shape index (κ1) is 19.8. The van der Waals surface area contributed by atoms with E-state index in [4.69, 9.17) is 0 Å². The van der Waals surface area contributed by atoms with Crippen LogP contribution in [0.4, 0.5) is 24.9 Å². The summed E-state index contributed by atoms with van der Waals surface area (Å²) in [4.78, 5) is 8.67. The van der Waals surface area contributed by atoms with E-state index in [-0.39, 0.29) is 5.82 Å². The average Bonchev–Trinajstić information content (AvgIpc) is 3.31. The number of ether oxygens (including phenoxy) is 1. The van der Waals surface area contributed by atoms with Crippen molar-refractivity contribution in [2.75, 3.05) is 12.4 Å². The van der Waals surface area contributed by atoms with E-state index < -0.39 is 18.7 Å². The molecule has 30 heavy (non-hydrogen) atoms. The molecule has 0 saturated heterocycles. The topological polar surface area (TPSA) is 95.0 Å². The summed E-state index contributed by atoms with van der Waals surface area (Å²) in [5, 5.41) is 15.0. The molecule has 0 saturated carbocycles. The molecule has 0 bridgehead atoms. The van der Waals surface area contributed by atoms with Gasteiger partial charge >= 0.3 is 6.18 Å². The zero-order valence-corrected chi connectivity index (χ0v) is 16.0. The fourth-order valence-corrected chi connectivity index (χ4v) is 2.93. The lowest BCUT2D eigenvalue weighted by molar-refractivity contribution is -0.212. The van der Waals surface area contributed by atoms with Crippen LogP contribution in [0.15, 0.2) is 42.9 Å². The van der Waals surface area contributed by atoms with Gasteiger partial charge in [-0.2, -0.15) is 18.3 Å². The Morgan fingerprint density at radius 1 is 1.17 bits per heavy atom. The third-order valence-electron chi connectivity index (χ3n) is 4.51. The molecule has 4 aromatic heterocycles. The number of nitrogens with zero attached hydrogens (tertiary/aromatic N) is 7. The number of aryl methyl sites for hydroxylation is 1. The molecule has 4 aromatic rings. The summed E-state index contributed by atoms with van der Waals surface area (Å²) in [6.07, 6.45) is -2.01. The van der Waals surface area contributed by atoms with Crippen molar-refractivity contribution in [3.63, 3.8) is 0 Å². The van der Waals surface area contributed by atoms with Gasteiger partial charge in [0, 0.05) is 44.6 Å². The summed E-state index contributed by atoms with van der Waals surface area (Å²) in [7, 11) is 2.81. The van der Waals surface area contributed by atoms with Crippen LogP contribution < -0.4 is 5.32 Å². The summed E-state index contributed by atoms with van der Waals surface area (Å²) in [6.45, 7) is 0. The summed E-state index contributed by atoms with van der Waals surface area (Å²) >= 11 is 0. The Balaban J connectivity index is 1.60. The van der Waals surface area contributed by atoms with Crippen molar-refractivity contribution in [1.82, 2.24) is 34.3 Å². The van der Waals surface area contributed by atoms with E-state index in [1.165, 1.54) is 4.40 Å². The van der Waals surface area contributed by atoms with E-state index in [1.54, 1.807) is 54.6 Å². The Morgan fingerprint density at radius 2 is 2.00 bits per heavy atom. The Bertz CT molecular complexity index is 1170. The van der Waals surface area contributed by atoms with Crippen LogP contribution in [0.5, 0.6) is 0 Å². The fraction of sp³-hybridized carbons (Fsp3) is 0.278. The number of rotatable bonds is 6. The van der Waals surface area contributed by atoms with Gasteiger partial charge in [0.1, 0.15) is 11.6 Å². The lowest BCUT2D eigenvalue weighted by Gasteiger charge is -2.17. The quantitative estimate of drug-likeness (QED) is 0.514. The van der Waals surface area contributed by atoms with Gasteiger partial charge in [0.2, 0.25) is 5.95 Å². The Hall–Kier alpha value is -3.54. The van der Waals surface area contributed by atoms with Crippen molar-refractivity contribution in [2.24, 2.45) is 7.05 Å². The lowest BCUT2D eigenvalue weighted by Crippen LogP contribution is -2.33. The maximum Gasteiger partial charge on any atom is 0.415 e. The number of nitrogens with one attached hydrogen (secondary N) is 1. The summed E-state index contributed by atoms with van der Waals surface area (Å²) in [5.41, 5.74) is 1.74. The first-order valence-electron chi connectivity index (χ1n) is 8.87. The summed E-state index contributed by atoms with van der Waals surface area (Å²) < 4.78 is 46.7. The highest BCUT2D eigenvalue weighted by Crippen LogP contribution is 2.26. The van der Waals surface area contributed by atoms with Crippen LogP contribution in [0.3, 0.4) is 0 Å². The molecule has 0 radical (unpaired) electrons. The number of halogens is 3. The molecule has 4 rings (SSSR count). The number of fused-ring (bicyclic) bond motifs is 1. The number of hydrogen-bond donors (Lipinski definition) is 1. The molecule has 156 valence electrons. The molecule has 0 unspecified atom stereocenters. The largest absolute Gasteiger partial charge is 0.415 e. The van der Waals surface area contributed by atoms with Crippen LogP contribution in [0.1, 0.15) is 5.82 Å². The molecule has 0 fully saturated rings. The second-order valence-electron chi connectivity index (χ2n) is 6.46. The van der Waals surface area contributed by atoms with Gasteiger partial charge < -0.3 is 10.1 Å². The number of aromatic nitrogens is 7. The van der Waals surface area contributed by atoms with Crippen molar-refractivity contribution in [3.05, 3.63) is 48.7 Å². The standard InChI is InChI=1S/C18H17F3N8O/c1-28-14(4-7-23-28)25-17-22-6-3-12(24-17)11-5-8-29-15(9-11)26-27-16(29)10-13(30-2)18(19,20)21/h3-9,13H,10H2,1-2H3,(H,22,24,25)/t13-/m1/s1. The molecule has 12 heteroatoms. The van der Waals surface area contributed by atoms with Crippen molar-refractivity contribution in [2.45, 2.75) is 18.7 Å². The van der Waals surface area contributed by atoms with Gasteiger partial charge in [-0.05, 0) is 18.2 Å². The maximum atomic E-state index is 13.0. The van der Waals surface area contributed by atoms with Crippen molar-refractivity contribution in [1.29, 1.82) is 0 Å². The molecule has 0 aliphatic carbocycles. The monoisotopic (exact) mass is 418 g/mol. The number of methoxy groups -OCH3 is 1. The van der Waals surface area contributed by atoms with Gasteiger partial charge in [-0.25, -0.2) is 9.97 Å². The molecule has 1 N–H and O–H groups in total. The molecule has 0 aliphatic rings. The minimum absolute atomic E-state index is 0.155. The molecule has 0 aromatic carbocycles. The molecule has 0 amide bonds. The third-order valence-corrected chi connectivity index (χ3v) is 4.51. The van der Waals surface area contributed by atoms with Gasteiger partial charge in [0.15, 0.2) is 11.8 Å². The predicted molar refractivity (Wildman–Crippen MR) is 101 cm³/mol. The third kappa shape index (κ3) is 3.94. The molecular weight excluding hydrogens is 401 g/mol. The van der Waals surface area contributed by atoms with Crippen LogP contribution in [0.2, 0.25) is 0 Å². The second kappa shape index (κ2) is 7.71. The minimum Gasteiger partial charge on any atom is -0.372 e. The molecule has 1 atom stereocenters. The second-order valence-corrected chi connectivity index (χ2v) is 6.46. The highest BCUT2D eigenvalue weighted by Gasteiger charge is 2.40. The van der Waals surface area contributed by atoms with Crippen LogP contribution in [-0.2, 0) is 18.2 Å². The van der Waals surface area contributed by atoms with Crippen LogP contribution in [0, 0.1) is 0 Å². The smallest absolute Gasteiger partial charge is 0.372 e. The summed E-state index contributed by atoms with van der Waals surface area (Å²) in [5.74, 6) is 1.26. The summed E-state index contributed by atoms with van der Waals surface area (Å²) in [6, 6.07) is 6.93. The molecule has 0 aliphatic heterocycles. The fourth-order valence-electron chi connectivity index (χ4n) is 2.93. The Morgan fingerprint density at radius 3 is 2.70 bits per heavy atom. The highest BCUT2D eigenvalue weighted by atomic mass is 19.4. The first-order valence-corrected chi connectivity index (χ1v) is 8.87. The van der Waals surface area contributed by atoms with E-state index in [1.807, 2.05) is 0 Å². The number of alkyl halides is 3. The highest BCUT2D eigenvalue weighted by molar-refractivity contribution is 5.65. The van der Waals surface area contributed by atoms with E-state index >= 15 is 0 Å². The Kier molecular flexibility index (Phi) is 5.08. The zero-order chi connectivity index (χ0) is 21.3. The SMILES string of the molecule is CO[C@H](Cc1nnc2cc(-c3ccnc(Nc4ccnn4C)n3)ccn12)C(F)(F)F. The molecule has 9 nitrogen and oxygen atoms in total. The van der Waals surface area contributed by atoms with E-state index in [9.17, 15) is 13.2 Å². The predicted octanol–water partition coefficient (Wildman–Crippen LogP) is 2.78. The molecule has 4 heterocycles. The normalized spacial score (nSPS) is 13.0. The van der Waals surface area contributed by atoms with Crippen LogP contribution in [0.25, 0.3) is 16.9 Å². The number of pyridine rings is 1. The Labute approximate surface area is 168 Å². The maximum absolute atomic E-state index is 13.0. The van der Waals surface area contributed by atoms with Crippen LogP contribution in [-0.4, -0.2) is 53.7 Å². The number of anilines is 2. The lowest BCUT2D eigenvalue weighted by atomic mass is 10.2. The van der Waals surface area contributed by atoms with Gasteiger partial charge in [-0.3, -0.25) is 9.08 Å². The van der Waals surface area contributed by atoms with Gasteiger partial charge in [-0.15, -0.1) is 10.2 Å². The first-order chi connectivity index (χ1) is 14.3. The van der Waals surface area contributed by atoms with Crippen molar-refractivity contribution >= 4 is 17.4 Å². The molecular formula is C18H17F3N8O. The van der Waals surface area contributed by atoms with Crippen molar-refractivity contribution < 1.29 is 17.9 Å². The number of hydrogen-bond acceptors (Lipinski definition) is 7. The van der Waals surface area contributed by atoms with Gasteiger partial charge in [-0.1, -0.05) is 0 Å². The van der Waals surface area contributed by atoms with Gasteiger partial charge in [0.05, 0.1) is 11.9 Å². The van der Waals surface area contributed by atoms with E-state index in [2.05, 4.69) is 35.3 Å². The van der Waals surface area contributed by atoms with E-state index in [0.717, 1.165) is 18.5 Å². The van der Waals surface area contributed by atoms with Crippen molar-refractivity contribution in [3.8, 4) is 11.3 Å². The van der Waals surface area contributed by atoms with E-state index in [0.29, 0.717) is 17.3 Å². The minimum atomic E-state index is -4.49. The molecule has 0 spiro atoms. The average molecular weight is 418 g/mol. The van der Waals surface area contributed by atoms with Crippen LogP contribution >= 0.6 is 0 Å². The van der Waals surface area contributed by atoms with Gasteiger partial charge in [0.25, 0.3) is 0 Å². The zero-order valence-electron chi connectivity index (χ0n) is 16.0.